The number of sulfonamides is 1. The van der Waals surface area contributed by atoms with Crippen molar-refractivity contribution in [3.05, 3.63) is 51.7 Å². The SMILES string of the molecule is CC1(C)CN(S(=O)(=O)c2ccsc2C(=O)NC[C@H]2CCCCN2)Cc2ccccc21. The molecule has 2 aliphatic rings. The van der Waals surface area contributed by atoms with E-state index in [2.05, 4.69) is 30.5 Å². The third-order valence-electron chi connectivity index (χ3n) is 6.04. The molecule has 2 aliphatic heterocycles. The van der Waals surface area contributed by atoms with E-state index in [0.717, 1.165) is 31.4 Å². The first-order chi connectivity index (χ1) is 14.3. The van der Waals surface area contributed by atoms with Gasteiger partial charge in [-0.3, -0.25) is 4.79 Å². The third-order valence-corrected chi connectivity index (χ3v) is 8.92. The van der Waals surface area contributed by atoms with E-state index in [-0.39, 0.29) is 27.1 Å². The largest absolute Gasteiger partial charge is 0.350 e. The number of benzene rings is 1. The highest BCUT2D eigenvalue weighted by molar-refractivity contribution is 7.89. The van der Waals surface area contributed by atoms with Crippen LogP contribution in [-0.2, 0) is 22.0 Å². The predicted molar refractivity (Wildman–Crippen MR) is 119 cm³/mol. The Morgan fingerprint density at radius 3 is 2.83 bits per heavy atom. The van der Waals surface area contributed by atoms with Gasteiger partial charge in [0.15, 0.2) is 0 Å². The van der Waals surface area contributed by atoms with Crippen LogP contribution < -0.4 is 10.6 Å². The van der Waals surface area contributed by atoms with Gasteiger partial charge < -0.3 is 10.6 Å². The number of fused-ring (bicyclic) bond motifs is 1. The summed E-state index contributed by atoms with van der Waals surface area (Å²) in [5, 5.41) is 8.01. The van der Waals surface area contributed by atoms with Crippen LogP contribution in [0.3, 0.4) is 0 Å². The van der Waals surface area contributed by atoms with E-state index in [1.54, 1.807) is 11.4 Å². The smallest absolute Gasteiger partial charge is 0.262 e. The molecule has 0 saturated carbocycles. The van der Waals surface area contributed by atoms with Crippen molar-refractivity contribution in [3.8, 4) is 0 Å². The fraction of sp³-hybridized carbons (Fsp3) is 0.500. The first-order valence-electron chi connectivity index (χ1n) is 10.5. The Hall–Kier alpha value is -1.74. The fourth-order valence-electron chi connectivity index (χ4n) is 4.46. The fourth-order valence-corrected chi connectivity index (χ4v) is 7.36. The quantitative estimate of drug-likeness (QED) is 0.738. The van der Waals surface area contributed by atoms with E-state index in [1.165, 1.54) is 21.2 Å². The molecule has 3 heterocycles. The van der Waals surface area contributed by atoms with Gasteiger partial charge in [-0.2, -0.15) is 4.31 Å². The molecule has 2 N–H and O–H groups in total. The third kappa shape index (κ3) is 4.19. The van der Waals surface area contributed by atoms with E-state index in [4.69, 9.17) is 0 Å². The number of nitrogens with zero attached hydrogens (tertiary/aromatic N) is 1. The van der Waals surface area contributed by atoms with Gasteiger partial charge >= 0.3 is 0 Å². The number of piperidine rings is 1. The zero-order valence-corrected chi connectivity index (χ0v) is 19.1. The highest BCUT2D eigenvalue weighted by Gasteiger charge is 2.39. The van der Waals surface area contributed by atoms with E-state index in [9.17, 15) is 13.2 Å². The van der Waals surface area contributed by atoms with Crippen LogP contribution in [0.1, 0.15) is 53.9 Å². The maximum absolute atomic E-state index is 13.5. The molecule has 2 aromatic rings. The van der Waals surface area contributed by atoms with Crippen molar-refractivity contribution in [1.29, 1.82) is 0 Å². The molecule has 0 aliphatic carbocycles. The number of amides is 1. The highest BCUT2D eigenvalue weighted by Crippen LogP contribution is 2.37. The summed E-state index contributed by atoms with van der Waals surface area (Å²) in [6.07, 6.45) is 3.34. The van der Waals surface area contributed by atoms with Crippen LogP contribution in [-0.4, -0.2) is 44.3 Å². The molecule has 0 spiro atoms. The predicted octanol–water partition coefficient (Wildman–Crippen LogP) is 3.10. The Balaban J connectivity index is 1.54. The molecule has 0 radical (unpaired) electrons. The normalized spacial score (nSPS) is 21.7. The summed E-state index contributed by atoms with van der Waals surface area (Å²) >= 11 is 1.18. The summed E-state index contributed by atoms with van der Waals surface area (Å²) in [5.41, 5.74) is 1.90. The number of nitrogens with one attached hydrogen (secondary N) is 2. The Bertz CT molecular complexity index is 1020. The summed E-state index contributed by atoms with van der Waals surface area (Å²) in [7, 11) is -3.78. The minimum absolute atomic E-state index is 0.108. The molecular weight excluding hydrogens is 418 g/mol. The maximum Gasteiger partial charge on any atom is 0.262 e. The van der Waals surface area contributed by atoms with E-state index < -0.39 is 10.0 Å². The van der Waals surface area contributed by atoms with Gasteiger partial charge in [-0.25, -0.2) is 8.42 Å². The van der Waals surface area contributed by atoms with Crippen molar-refractivity contribution in [2.45, 2.75) is 56.0 Å². The van der Waals surface area contributed by atoms with E-state index in [1.807, 2.05) is 18.2 Å². The minimum Gasteiger partial charge on any atom is -0.350 e. The molecule has 1 fully saturated rings. The van der Waals surface area contributed by atoms with Crippen molar-refractivity contribution in [2.75, 3.05) is 19.6 Å². The van der Waals surface area contributed by atoms with Gasteiger partial charge in [0.05, 0.1) is 0 Å². The molecule has 4 rings (SSSR count). The molecule has 8 heteroatoms. The molecule has 1 aromatic carbocycles. The lowest BCUT2D eigenvalue weighted by Crippen LogP contribution is -2.45. The first kappa shape index (κ1) is 21.5. The second kappa shape index (κ2) is 8.42. The molecule has 162 valence electrons. The monoisotopic (exact) mass is 447 g/mol. The zero-order valence-electron chi connectivity index (χ0n) is 17.5. The summed E-state index contributed by atoms with van der Waals surface area (Å²) < 4.78 is 28.5. The Morgan fingerprint density at radius 1 is 1.27 bits per heavy atom. The molecular formula is C22H29N3O3S2. The lowest BCUT2D eigenvalue weighted by molar-refractivity contribution is 0.0948. The molecule has 1 aromatic heterocycles. The molecule has 0 unspecified atom stereocenters. The second-order valence-electron chi connectivity index (χ2n) is 8.78. The van der Waals surface area contributed by atoms with Gasteiger partial charge in [0.25, 0.3) is 5.91 Å². The number of thiophene rings is 1. The second-order valence-corrected chi connectivity index (χ2v) is 11.6. The van der Waals surface area contributed by atoms with Crippen LogP contribution in [0.2, 0.25) is 0 Å². The molecule has 1 amide bonds. The van der Waals surface area contributed by atoms with Gasteiger partial charge in [-0.05, 0) is 42.0 Å². The van der Waals surface area contributed by atoms with Crippen LogP contribution in [0, 0.1) is 0 Å². The highest BCUT2D eigenvalue weighted by atomic mass is 32.2. The molecule has 6 nitrogen and oxygen atoms in total. The van der Waals surface area contributed by atoms with Crippen molar-refractivity contribution in [1.82, 2.24) is 14.9 Å². The number of hydrogen-bond acceptors (Lipinski definition) is 5. The van der Waals surface area contributed by atoms with Crippen molar-refractivity contribution in [2.24, 2.45) is 0 Å². The number of carbonyl (C=O) groups excluding carboxylic acids is 1. The number of rotatable bonds is 5. The molecule has 1 saturated heterocycles. The van der Waals surface area contributed by atoms with Crippen molar-refractivity contribution < 1.29 is 13.2 Å². The van der Waals surface area contributed by atoms with Gasteiger partial charge in [-0.1, -0.05) is 44.5 Å². The molecule has 1 atom stereocenters. The molecule has 30 heavy (non-hydrogen) atoms. The van der Waals surface area contributed by atoms with Gasteiger partial charge in [0.1, 0.15) is 9.77 Å². The minimum atomic E-state index is -3.78. The van der Waals surface area contributed by atoms with Crippen LogP contribution in [0.5, 0.6) is 0 Å². The van der Waals surface area contributed by atoms with Crippen molar-refractivity contribution >= 4 is 27.3 Å². The summed E-state index contributed by atoms with van der Waals surface area (Å²) in [5.74, 6) is -0.312. The Morgan fingerprint density at radius 2 is 2.07 bits per heavy atom. The van der Waals surface area contributed by atoms with Crippen molar-refractivity contribution in [3.63, 3.8) is 0 Å². The molecule has 0 bridgehead atoms. The van der Waals surface area contributed by atoms with Gasteiger partial charge in [-0.15, -0.1) is 11.3 Å². The van der Waals surface area contributed by atoms with Crippen LogP contribution >= 0.6 is 11.3 Å². The van der Waals surface area contributed by atoms with Crippen LogP contribution in [0.25, 0.3) is 0 Å². The zero-order chi connectivity index (χ0) is 21.4. The van der Waals surface area contributed by atoms with Crippen LogP contribution in [0.4, 0.5) is 0 Å². The summed E-state index contributed by atoms with van der Waals surface area (Å²) in [6.45, 7) is 6.31. The van der Waals surface area contributed by atoms with Gasteiger partial charge in [0.2, 0.25) is 10.0 Å². The topological polar surface area (TPSA) is 78.5 Å². The van der Waals surface area contributed by atoms with E-state index >= 15 is 0 Å². The summed E-state index contributed by atoms with van der Waals surface area (Å²) in [4.78, 5) is 13.2. The average Bonchev–Trinajstić information content (AvgIpc) is 3.23. The lowest BCUT2D eigenvalue weighted by atomic mass is 9.79. The lowest BCUT2D eigenvalue weighted by Gasteiger charge is -2.39. The van der Waals surface area contributed by atoms with Gasteiger partial charge in [0, 0.05) is 31.1 Å². The number of carbonyl (C=O) groups is 1. The van der Waals surface area contributed by atoms with Crippen LogP contribution in [0.15, 0.2) is 40.6 Å². The van der Waals surface area contributed by atoms with E-state index in [0.29, 0.717) is 19.6 Å². The Kier molecular flexibility index (Phi) is 6.03. The maximum atomic E-state index is 13.5. The first-order valence-corrected chi connectivity index (χ1v) is 12.8. The standard InChI is InChI=1S/C22H29N3O3S2/c1-22(2)15-25(14-16-7-3-4-9-18(16)22)30(27,28)19-10-12-29-20(19)21(26)24-13-17-8-5-6-11-23-17/h3-4,7,9-10,12,17,23H,5-6,8,11,13-15H2,1-2H3,(H,24,26)/t17-/m1/s1. The Labute approximate surface area is 182 Å². The summed E-state index contributed by atoms with van der Waals surface area (Å²) in [6, 6.07) is 9.80. The number of hydrogen-bond donors (Lipinski definition) is 2. The average molecular weight is 448 g/mol.